The minimum Gasteiger partial charge on any atom is -0.496 e. The number of rotatable bonds is 18. The molecule has 2 amide bonds. The van der Waals surface area contributed by atoms with E-state index < -0.39 is 65.5 Å². The minimum absolute atomic E-state index is 0. The van der Waals surface area contributed by atoms with Crippen molar-refractivity contribution >= 4 is 65.4 Å². The SMILES string of the molecule is C.C=CCB1OC(C)(C)C(C)(C)O1.C=CCc1cc([C@@H](C(=O)C[C@@H](C)C(=O)O)N(C)C(=O)OC(C)(C)C)ccc1OC.COC(=O)[C@H](C)CC(=O)[C@H](c1ccc(OC)c(I)c1)N(C)C(=O)OC(C)(C)C.OC1CCCO1.[W]. The molecule has 0 bridgehead atoms. The summed E-state index contributed by atoms with van der Waals surface area (Å²) in [6, 6.07) is 8.55. The fraction of sp³-hybridized carbons (Fsp3) is 0.607. The fourth-order valence-electron chi connectivity index (χ4n) is 7.22. The van der Waals surface area contributed by atoms with Gasteiger partial charge in [0.15, 0.2) is 17.9 Å². The summed E-state index contributed by atoms with van der Waals surface area (Å²) in [4.78, 5) is 76.7. The number of amides is 2. The van der Waals surface area contributed by atoms with Crippen molar-refractivity contribution < 1.29 is 97.8 Å². The van der Waals surface area contributed by atoms with E-state index in [1.165, 1.54) is 37.9 Å². The number of aliphatic carboxylic acids is 1. The van der Waals surface area contributed by atoms with Crippen molar-refractivity contribution in [3.63, 3.8) is 0 Å². The second-order valence-electron chi connectivity index (χ2n) is 21.1. The molecule has 77 heavy (non-hydrogen) atoms. The zero-order chi connectivity index (χ0) is 57.8. The molecular formula is C56H88BIN2O16W. The molecule has 18 nitrogen and oxygen atoms in total. The van der Waals surface area contributed by atoms with Crippen LogP contribution in [0, 0.1) is 15.4 Å². The van der Waals surface area contributed by atoms with Crippen molar-refractivity contribution in [1.82, 2.24) is 9.80 Å². The van der Waals surface area contributed by atoms with Crippen molar-refractivity contribution in [3.8, 4) is 11.5 Å². The van der Waals surface area contributed by atoms with E-state index in [1.54, 1.807) is 105 Å². The van der Waals surface area contributed by atoms with Gasteiger partial charge in [-0.2, -0.15) is 0 Å². The van der Waals surface area contributed by atoms with Crippen LogP contribution in [0.2, 0.25) is 6.32 Å². The molecule has 1 unspecified atom stereocenters. The Balaban J connectivity index is 0. The van der Waals surface area contributed by atoms with E-state index >= 15 is 0 Å². The largest absolute Gasteiger partial charge is 0.496 e. The molecule has 0 spiro atoms. The van der Waals surface area contributed by atoms with Crippen molar-refractivity contribution in [3.05, 3.63) is 82.0 Å². The predicted molar refractivity (Wildman–Crippen MR) is 302 cm³/mol. The number of nitrogens with zero attached hydrogens (tertiary/aromatic N) is 2. The standard InChI is InChI=1S/C22H31NO6.C20H28INO6.C9H17BO2.C4H8O2.CH4.W/c1-8-9-15-13-16(10-11-18(15)28-7)19(17(24)12-14(2)20(25)26)23(6)21(27)29-22(3,4)5;1-12(18(24)27-7)10-15(23)17(22(5)19(25)28-20(2,3)4)13-8-9-16(26-6)14(21)11-13;1-6-7-10-11-8(2,3)9(4,5)12-10;5-4-2-1-3-6-4;;/h8,10-11,13-14,19H,1,9,12H2,2-7H3,(H,25,26);8-9,11-12,17H,10H2,1-7H3;6H,1,7H2,2-5H3;4-5H,1-3H2;1H4;/t14-,19+;12-,17+;;;;/m11..../s1. The quantitative estimate of drug-likeness (QED) is 0.0465. The molecule has 2 aliphatic heterocycles. The number of hydrogen-bond acceptors (Lipinski definition) is 15. The van der Waals surface area contributed by atoms with Gasteiger partial charge in [-0.3, -0.25) is 29.0 Å². The molecule has 2 heterocycles. The molecule has 5 atom stereocenters. The first kappa shape index (κ1) is 74.7. The average molecular weight is 1370 g/mol. The molecule has 2 aliphatic rings. The first-order valence-electron chi connectivity index (χ1n) is 24.8. The Hall–Kier alpha value is -4.34. The molecule has 2 N–H and O–H groups in total. The van der Waals surface area contributed by atoms with E-state index in [0.717, 1.165) is 34.9 Å². The van der Waals surface area contributed by atoms with E-state index in [1.807, 2.05) is 6.08 Å². The molecule has 2 aromatic carbocycles. The number of carbonyl (C=O) groups is 6. The number of carbonyl (C=O) groups excluding carboxylic acids is 5. The van der Waals surface area contributed by atoms with E-state index in [0.29, 0.717) is 29.0 Å². The van der Waals surface area contributed by atoms with E-state index in [4.69, 9.17) is 42.8 Å². The zero-order valence-corrected chi connectivity index (χ0v) is 52.8. The molecule has 2 aromatic rings. The monoisotopic (exact) mass is 1370 g/mol. The van der Waals surface area contributed by atoms with Crippen LogP contribution in [0.4, 0.5) is 9.59 Å². The minimum atomic E-state index is -1.07. The number of aliphatic hydroxyl groups excluding tert-OH is 1. The fourth-order valence-corrected chi connectivity index (χ4v) is 7.98. The number of hydrogen-bond donors (Lipinski definition) is 2. The van der Waals surface area contributed by atoms with Crippen LogP contribution >= 0.6 is 22.6 Å². The van der Waals surface area contributed by atoms with Gasteiger partial charge in [-0.1, -0.05) is 45.6 Å². The zero-order valence-electron chi connectivity index (χ0n) is 47.7. The van der Waals surface area contributed by atoms with Crippen molar-refractivity contribution in [2.45, 2.75) is 170 Å². The molecule has 2 saturated heterocycles. The first-order valence-corrected chi connectivity index (χ1v) is 25.8. The van der Waals surface area contributed by atoms with Crippen LogP contribution in [0.25, 0.3) is 0 Å². The van der Waals surface area contributed by atoms with Gasteiger partial charge < -0.3 is 47.9 Å². The smallest absolute Gasteiger partial charge is 0.461 e. The van der Waals surface area contributed by atoms with Gasteiger partial charge in [-0.15, -0.1) is 13.2 Å². The number of halogens is 1. The number of ketones is 2. The summed E-state index contributed by atoms with van der Waals surface area (Å²) in [5.74, 6) is -2.41. The van der Waals surface area contributed by atoms with Gasteiger partial charge in [0.2, 0.25) is 0 Å². The normalized spacial score (nSPS) is 16.5. The Morgan fingerprint density at radius 1 is 0.779 bits per heavy atom. The maximum atomic E-state index is 13.1. The summed E-state index contributed by atoms with van der Waals surface area (Å²) in [6.45, 7) is 29.9. The third kappa shape index (κ3) is 25.1. The predicted octanol–water partition coefficient (Wildman–Crippen LogP) is 11.0. The van der Waals surface area contributed by atoms with E-state index in [9.17, 15) is 33.9 Å². The number of Topliss-reactive ketones (excluding diaryl/α,β-unsaturated/α-hetero) is 2. The summed E-state index contributed by atoms with van der Waals surface area (Å²) in [5.41, 5.74) is 0.121. The van der Waals surface area contributed by atoms with Crippen molar-refractivity contribution in [1.29, 1.82) is 0 Å². The molecule has 0 aromatic heterocycles. The summed E-state index contributed by atoms with van der Waals surface area (Å²) in [5, 5.41) is 17.7. The summed E-state index contributed by atoms with van der Waals surface area (Å²) >= 11 is 2.10. The van der Waals surface area contributed by atoms with Crippen LogP contribution in [-0.4, -0.2) is 134 Å². The maximum absolute atomic E-state index is 13.1. The maximum Gasteiger partial charge on any atom is 0.461 e. The van der Waals surface area contributed by atoms with E-state index in [-0.39, 0.29) is 71.2 Å². The number of methoxy groups -OCH3 is 3. The van der Waals surface area contributed by atoms with Crippen LogP contribution in [0.5, 0.6) is 11.5 Å². The summed E-state index contributed by atoms with van der Waals surface area (Å²) in [7, 11) is 7.25. The van der Waals surface area contributed by atoms with Crippen LogP contribution in [0.15, 0.2) is 61.7 Å². The Morgan fingerprint density at radius 2 is 1.22 bits per heavy atom. The molecular weight excluding hydrogens is 1280 g/mol. The number of carboxylic acid groups (broad SMARTS) is 1. The van der Waals surface area contributed by atoms with Crippen molar-refractivity contribution in [2.75, 3.05) is 42.0 Å². The number of benzene rings is 2. The Bertz CT molecular complexity index is 2230. The van der Waals surface area contributed by atoms with Crippen LogP contribution < -0.4 is 9.47 Å². The Kier molecular flexibility index (Phi) is 33.0. The van der Waals surface area contributed by atoms with Crippen LogP contribution in [0.3, 0.4) is 0 Å². The van der Waals surface area contributed by atoms with Gasteiger partial charge >= 0.3 is 31.2 Å². The van der Waals surface area contributed by atoms with E-state index in [2.05, 4.69) is 63.4 Å². The molecule has 21 heteroatoms. The number of esters is 1. The third-order valence-electron chi connectivity index (χ3n) is 11.8. The number of likely N-dealkylation sites (N-methyl/N-ethyl adjacent to an activating group) is 2. The third-order valence-corrected chi connectivity index (χ3v) is 12.7. The van der Waals surface area contributed by atoms with Crippen LogP contribution in [-0.2, 0) is 74.9 Å². The number of carboxylic acids is 1. The van der Waals surface area contributed by atoms with Gasteiger partial charge in [0.05, 0.1) is 47.9 Å². The van der Waals surface area contributed by atoms with Crippen LogP contribution in [0.1, 0.15) is 145 Å². The summed E-state index contributed by atoms with van der Waals surface area (Å²) < 4.78 is 43.1. The molecule has 2 fully saturated rings. The van der Waals surface area contributed by atoms with Gasteiger partial charge in [-0.05, 0) is 146 Å². The second kappa shape index (κ2) is 34.0. The van der Waals surface area contributed by atoms with Crippen molar-refractivity contribution in [2.24, 2.45) is 11.8 Å². The number of aliphatic hydroxyl groups is 1. The molecule has 4 rings (SSSR count). The second-order valence-corrected chi connectivity index (χ2v) is 22.3. The topological polar surface area (TPSA) is 223 Å². The number of ether oxygens (including phenoxy) is 6. The van der Waals surface area contributed by atoms with Gasteiger partial charge in [-0.25, -0.2) is 9.59 Å². The Morgan fingerprint density at radius 3 is 1.56 bits per heavy atom. The molecule has 0 radical (unpaired) electrons. The average Bonchev–Trinajstić information content (AvgIpc) is 3.86. The number of allylic oxidation sites excluding steroid dienone is 2. The first-order chi connectivity index (χ1) is 34.6. The van der Waals surface area contributed by atoms with Gasteiger partial charge in [0, 0.05) is 67.4 Å². The molecule has 0 saturated carbocycles. The van der Waals surface area contributed by atoms with Gasteiger partial charge in [0.25, 0.3) is 0 Å². The molecule has 434 valence electrons. The summed E-state index contributed by atoms with van der Waals surface area (Å²) in [6.07, 6.45) is 4.62. The van der Waals surface area contributed by atoms with Gasteiger partial charge in [0.1, 0.15) is 34.8 Å². The molecule has 0 aliphatic carbocycles. The Labute approximate surface area is 487 Å².